The van der Waals surface area contributed by atoms with Gasteiger partial charge in [-0.3, -0.25) is 14.9 Å². The van der Waals surface area contributed by atoms with E-state index in [0.29, 0.717) is 31.0 Å². The number of imide groups is 1. The van der Waals surface area contributed by atoms with Crippen molar-refractivity contribution in [1.29, 1.82) is 0 Å². The first-order chi connectivity index (χ1) is 20.4. The van der Waals surface area contributed by atoms with E-state index in [4.69, 9.17) is 21.3 Å². The van der Waals surface area contributed by atoms with Crippen molar-refractivity contribution in [2.24, 2.45) is 5.41 Å². The lowest BCUT2D eigenvalue weighted by Crippen LogP contribution is -2.38. The van der Waals surface area contributed by atoms with Crippen LogP contribution in [0.3, 0.4) is 0 Å². The van der Waals surface area contributed by atoms with Gasteiger partial charge in [-0.25, -0.2) is 4.98 Å². The highest BCUT2D eigenvalue weighted by atomic mass is 35.5. The summed E-state index contributed by atoms with van der Waals surface area (Å²) >= 11 is 7.96. The van der Waals surface area contributed by atoms with Gasteiger partial charge in [0.05, 0.1) is 11.2 Å². The number of nitrogens with one attached hydrogen (secondary N) is 1. The third kappa shape index (κ3) is 7.23. The number of benzene rings is 3. The molecule has 3 aromatic carbocycles. The Balaban J connectivity index is 1.59. The Morgan fingerprint density at radius 1 is 1.00 bits per heavy atom. The minimum Gasteiger partial charge on any atom is -0.487 e. The molecule has 222 valence electrons. The van der Waals surface area contributed by atoms with Crippen molar-refractivity contribution in [3.05, 3.63) is 101 Å². The number of carbonyl (C=O) groups excluding carboxylic acids is 2. The lowest BCUT2D eigenvalue weighted by Gasteiger charge is -2.26. The van der Waals surface area contributed by atoms with Gasteiger partial charge in [-0.05, 0) is 48.0 Å². The third-order valence-corrected chi connectivity index (χ3v) is 8.73. The highest BCUT2D eigenvalue weighted by Gasteiger charge is 2.33. The summed E-state index contributed by atoms with van der Waals surface area (Å²) in [6, 6.07) is 26.1. The molecule has 0 aliphatic heterocycles. The van der Waals surface area contributed by atoms with Crippen LogP contribution < -0.4 is 10.1 Å². The van der Waals surface area contributed by atoms with Crippen molar-refractivity contribution in [3.63, 3.8) is 0 Å². The predicted molar refractivity (Wildman–Crippen MR) is 176 cm³/mol. The number of amides is 2. The summed E-state index contributed by atoms with van der Waals surface area (Å²) in [5.74, 6) is 0.427. The third-order valence-electron chi connectivity index (χ3n) is 7.21. The minimum absolute atomic E-state index is 0.102. The standard InChI is InChI=1S/C35H36ClN3O3S/c1-34(2,3)43-32-28-18-27(42-21-26-15-12-24-8-6-7-9-29(24)38-26)16-17-30(28)39(20-23-10-13-25(36)14-11-23)31(32)19-35(4,5)33(41)37-22-40/h6-18,22H,19-21H2,1-5H3,(H,37,40,41). The van der Waals surface area contributed by atoms with Gasteiger partial charge in [0.15, 0.2) is 0 Å². The van der Waals surface area contributed by atoms with Crippen LogP contribution >= 0.6 is 23.4 Å². The number of thioether (sulfide) groups is 1. The Labute approximate surface area is 261 Å². The number of carbonyl (C=O) groups is 2. The molecule has 6 nitrogen and oxygen atoms in total. The van der Waals surface area contributed by atoms with Gasteiger partial charge in [0.25, 0.3) is 0 Å². The Bertz CT molecular complexity index is 1790. The lowest BCUT2D eigenvalue weighted by molar-refractivity contribution is -0.132. The predicted octanol–water partition coefficient (Wildman–Crippen LogP) is 8.20. The molecule has 0 atom stereocenters. The minimum atomic E-state index is -0.832. The molecule has 0 aliphatic rings. The van der Waals surface area contributed by atoms with Gasteiger partial charge >= 0.3 is 0 Å². The summed E-state index contributed by atoms with van der Waals surface area (Å²) in [6.07, 6.45) is 0.886. The molecule has 0 saturated heterocycles. The average molecular weight is 614 g/mol. The van der Waals surface area contributed by atoms with E-state index in [0.717, 1.165) is 49.4 Å². The monoisotopic (exact) mass is 613 g/mol. The van der Waals surface area contributed by atoms with Gasteiger partial charge in [-0.2, -0.15) is 0 Å². The van der Waals surface area contributed by atoms with Crippen molar-refractivity contribution in [2.75, 3.05) is 0 Å². The van der Waals surface area contributed by atoms with Crippen LogP contribution in [0.2, 0.25) is 5.02 Å². The van der Waals surface area contributed by atoms with E-state index in [2.05, 4.69) is 48.9 Å². The van der Waals surface area contributed by atoms with Gasteiger partial charge < -0.3 is 9.30 Å². The van der Waals surface area contributed by atoms with Crippen LogP contribution in [0, 0.1) is 5.41 Å². The second-order valence-electron chi connectivity index (χ2n) is 12.3. The van der Waals surface area contributed by atoms with Crippen molar-refractivity contribution in [2.45, 2.75) is 63.8 Å². The molecule has 0 spiro atoms. The first kappa shape index (κ1) is 30.6. The van der Waals surface area contributed by atoms with Crippen LogP contribution in [0.25, 0.3) is 21.8 Å². The molecule has 0 bridgehead atoms. The summed E-state index contributed by atoms with van der Waals surface area (Å²) < 4.78 is 8.46. The molecule has 2 amide bonds. The smallest absolute Gasteiger partial charge is 0.232 e. The van der Waals surface area contributed by atoms with Crippen molar-refractivity contribution in [3.8, 4) is 5.75 Å². The maximum absolute atomic E-state index is 12.9. The fourth-order valence-electron chi connectivity index (χ4n) is 5.09. The molecule has 2 aromatic heterocycles. The van der Waals surface area contributed by atoms with E-state index < -0.39 is 5.41 Å². The molecule has 43 heavy (non-hydrogen) atoms. The quantitative estimate of drug-likeness (QED) is 0.127. The number of pyridine rings is 1. The molecule has 0 radical (unpaired) electrons. The zero-order valence-electron chi connectivity index (χ0n) is 25.1. The first-order valence-corrected chi connectivity index (χ1v) is 15.4. The highest BCUT2D eigenvalue weighted by Crippen LogP contribution is 2.44. The Morgan fingerprint density at radius 3 is 2.47 bits per heavy atom. The van der Waals surface area contributed by atoms with Crippen LogP contribution in [0.15, 0.2) is 83.8 Å². The number of para-hydroxylation sites is 1. The average Bonchev–Trinajstić information content (AvgIpc) is 3.22. The molecule has 0 aliphatic carbocycles. The first-order valence-electron chi connectivity index (χ1n) is 14.2. The molecule has 0 fully saturated rings. The van der Waals surface area contributed by atoms with Gasteiger partial charge in [0, 0.05) is 55.0 Å². The van der Waals surface area contributed by atoms with E-state index in [9.17, 15) is 9.59 Å². The molecule has 5 aromatic rings. The summed E-state index contributed by atoms with van der Waals surface area (Å²) in [6.45, 7) is 11.2. The van der Waals surface area contributed by atoms with E-state index in [1.54, 1.807) is 11.8 Å². The van der Waals surface area contributed by atoms with Crippen LogP contribution in [0.5, 0.6) is 5.75 Å². The number of aromatic nitrogens is 2. The summed E-state index contributed by atoms with van der Waals surface area (Å²) in [5.41, 5.74) is 4.12. The maximum atomic E-state index is 12.9. The molecule has 5 rings (SSSR count). The number of ether oxygens (including phenoxy) is 1. The topological polar surface area (TPSA) is 73.2 Å². The number of hydrogen-bond acceptors (Lipinski definition) is 5. The highest BCUT2D eigenvalue weighted by molar-refractivity contribution is 8.00. The maximum Gasteiger partial charge on any atom is 0.232 e. The summed E-state index contributed by atoms with van der Waals surface area (Å²) in [5, 5.41) is 5.19. The zero-order chi connectivity index (χ0) is 30.8. The van der Waals surface area contributed by atoms with E-state index in [-0.39, 0.29) is 10.7 Å². The normalized spacial score (nSPS) is 12.0. The molecule has 2 heterocycles. The second kappa shape index (κ2) is 12.4. The lowest BCUT2D eigenvalue weighted by atomic mass is 9.86. The molecular weight excluding hydrogens is 578 g/mol. The molecule has 0 unspecified atom stereocenters. The zero-order valence-corrected chi connectivity index (χ0v) is 26.7. The number of hydrogen-bond donors (Lipinski definition) is 1. The molecule has 0 saturated carbocycles. The molecule has 1 N–H and O–H groups in total. The summed E-state index contributed by atoms with van der Waals surface area (Å²) in [7, 11) is 0. The van der Waals surface area contributed by atoms with Gasteiger partial charge in [0.2, 0.25) is 12.3 Å². The van der Waals surface area contributed by atoms with E-state index >= 15 is 0 Å². The molecular formula is C35H36ClN3O3S. The second-order valence-corrected chi connectivity index (χ2v) is 14.6. The number of halogens is 1. The Kier molecular flexibility index (Phi) is 8.86. The number of rotatable bonds is 10. The Hall–Kier alpha value is -3.81. The van der Waals surface area contributed by atoms with Crippen LogP contribution in [0.4, 0.5) is 0 Å². The molecule has 8 heteroatoms. The van der Waals surface area contributed by atoms with Gasteiger partial charge in [-0.1, -0.05) is 82.6 Å². The van der Waals surface area contributed by atoms with E-state index in [1.165, 1.54) is 0 Å². The van der Waals surface area contributed by atoms with Gasteiger partial charge in [-0.15, -0.1) is 11.8 Å². The van der Waals surface area contributed by atoms with E-state index in [1.807, 2.05) is 74.5 Å². The van der Waals surface area contributed by atoms with Crippen LogP contribution in [-0.4, -0.2) is 26.6 Å². The van der Waals surface area contributed by atoms with Crippen molar-refractivity contribution in [1.82, 2.24) is 14.9 Å². The van der Waals surface area contributed by atoms with Crippen molar-refractivity contribution < 1.29 is 14.3 Å². The fourth-order valence-corrected chi connectivity index (χ4v) is 6.40. The fraction of sp³-hybridized carbons (Fsp3) is 0.286. The number of nitrogens with zero attached hydrogens (tertiary/aromatic N) is 2. The van der Waals surface area contributed by atoms with Gasteiger partial charge in [0.1, 0.15) is 12.4 Å². The largest absolute Gasteiger partial charge is 0.487 e. The van der Waals surface area contributed by atoms with Crippen LogP contribution in [-0.2, 0) is 29.2 Å². The summed E-state index contributed by atoms with van der Waals surface area (Å²) in [4.78, 5) is 29.9. The SMILES string of the molecule is CC(C)(C)Sc1c(CC(C)(C)C(=O)NC=O)n(Cc2ccc(Cl)cc2)c2ccc(OCc3ccc4ccccc4n3)cc12. The Morgan fingerprint density at radius 2 is 1.74 bits per heavy atom. The van der Waals surface area contributed by atoms with Crippen LogP contribution in [0.1, 0.15) is 51.6 Å². The number of fused-ring (bicyclic) bond motifs is 2. The van der Waals surface area contributed by atoms with Crippen molar-refractivity contribution >= 4 is 57.5 Å².